The van der Waals surface area contributed by atoms with Gasteiger partial charge in [0.25, 0.3) is 0 Å². The summed E-state index contributed by atoms with van der Waals surface area (Å²) >= 11 is 14.6. The normalized spacial score (nSPS) is 10.7. The van der Waals surface area contributed by atoms with Gasteiger partial charge in [-0.05, 0) is 18.6 Å². The molecule has 0 bridgehead atoms. The molecule has 100 valence electrons. The number of hydrogen-bond donors (Lipinski definition) is 0. The Morgan fingerprint density at radius 2 is 2.11 bits per heavy atom. The summed E-state index contributed by atoms with van der Waals surface area (Å²) in [5.74, 6) is 1.27. The lowest BCUT2D eigenvalue weighted by Crippen LogP contribution is -2.01. The molecule has 0 amide bonds. The van der Waals surface area contributed by atoms with E-state index in [0.29, 0.717) is 20.0 Å². The summed E-state index contributed by atoms with van der Waals surface area (Å²) in [5, 5.41) is 0. The van der Waals surface area contributed by atoms with Crippen LogP contribution in [0.1, 0.15) is 21.5 Å². The first-order valence-electron chi connectivity index (χ1n) is 5.67. The Hall–Kier alpha value is -0.480. The third-order valence-electron chi connectivity index (χ3n) is 2.54. The number of halogens is 2. The van der Waals surface area contributed by atoms with Crippen molar-refractivity contribution in [3.05, 3.63) is 55.7 Å². The SMILES string of the molecule is Cc1cccc(CSCC(=O)c2cc(Cl)sc2Cl)c1. The summed E-state index contributed by atoms with van der Waals surface area (Å²) in [6.45, 7) is 2.06. The van der Waals surface area contributed by atoms with Crippen LogP contribution in [0.4, 0.5) is 0 Å². The molecule has 19 heavy (non-hydrogen) atoms. The second-order valence-electron chi connectivity index (χ2n) is 4.14. The van der Waals surface area contributed by atoms with Gasteiger partial charge in [0.1, 0.15) is 4.34 Å². The van der Waals surface area contributed by atoms with Crippen molar-refractivity contribution in [2.75, 3.05) is 5.75 Å². The number of hydrogen-bond acceptors (Lipinski definition) is 3. The molecule has 0 radical (unpaired) electrons. The highest BCUT2D eigenvalue weighted by Gasteiger charge is 2.14. The number of rotatable bonds is 5. The van der Waals surface area contributed by atoms with E-state index < -0.39 is 0 Å². The highest BCUT2D eigenvalue weighted by molar-refractivity contribution is 7.99. The molecule has 0 aliphatic carbocycles. The van der Waals surface area contributed by atoms with E-state index >= 15 is 0 Å². The van der Waals surface area contributed by atoms with Crippen LogP contribution < -0.4 is 0 Å². The van der Waals surface area contributed by atoms with Crippen LogP contribution in [-0.4, -0.2) is 11.5 Å². The molecule has 0 fully saturated rings. The van der Waals surface area contributed by atoms with Crippen LogP contribution >= 0.6 is 46.3 Å². The third-order valence-corrected chi connectivity index (χ3v) is 5.03. The molecule has 0 saturated heterocycles. The first kappa shape index (κ1) is 14.9. The average Bonchev–Trinajstić information content (AvgIpc) is 2.68. The van der Waals surface area contributed by atoms with Crippen LogP contribution in [0.5, 0.6) is 0 Å². The van der Waals surface area contributed by atoms with Gasteiger partial charge >= 0.3 is 0 Å². The maximum Gasteiger partial charge on any atom is 0.175 e. The Kier molecular flexibility index (Phi) is 5.34. The standard InChI is InChI=1S/C14H12Cl2OS2/c1-9-3-2-4-10(5-9)7-18-8-12(17)11-6-13(15)19-14(11)16/h2-6H,7-8H2,1H3. The summed E-state index contributed by atoms with van der Waals surface area (Å²) in [4.78, 5) is 12.0. The molecule has 1 aromatic heterocycles. The maximum atomic E-state index is 12.0. The Balaban J connectivity index is 1.89. The van der Waals surface area contributed by atoms with Gasteiger partial charge in [0.05, 0.1) is 10.1 Å². The number of ketones is 1. The molecule has 5 heteroatoms. The van der Waals surface area contributed by atoms with E-state index in [2.05, 4.69) is 25.1 Å². The van der Waals surface area contributed by atoms with Crippen LogP contribution in [0.25, 0.3) is 0 Å². The van der Waals surface area contributed by atoms with Gasteiger partial charge in [0.15, 0.2) is 5.78 Å². The second kappa shape index (κ2) is 6.80. The number of Topliss-reactive ketones (excluding diaryl/α,β-unsaturated/α-hetero) is 1. The zero-order valence-electron chi connectivity index (χ0n) is 10.3. The molecule has 2 aromatic rings. The minimum Gasteiger partial charge on any atom is -0.293 e. The smallest absolute Gasteiger partial charge is 0.175 e. The van der Waals surface area contributed by atoms with E-state index in [4.69, 9.17) is 23.2 Å². The zero-order chi connectivity index (χ0) is 13.8. The number of thioether (sulfide) groups is 1. The van der Waals surface area contributed by atoms with Crippen molar-refractivity contribution in [3.8, 4) is 0 Å². The van der Waals surface area contributed by atoms with Crippen LogP contribution in [0.3, 0.4) is 0 Å². The van der Waals surface area contributed by atoms with E-state index in [1.165, 1.54) is 22.5 Å². The Labute approximate surface area is 130 Å². The van der Waals surface area contributed by atoms with Crippen LogP contribution in [0.15, 0.2) is 30.3 Å². The number of carbonyl (C=O) groups is 1. The molecule has 0 spiro atoms. The number of benzene rings is 1. The van der Waals surface area contributed by atoms with Gasteiger partial charge in [-0.15, -0.1) is 23.1 Å². The number of carbonyl (C=O) groups excluding carboxylic acids is 1. The lowest BCUT2D eigenvalue weighted by atomic mass is 10.2. The van der Waals surface area contributed by atoms with Crippen molar-refractivity contribution in [3.63, 3.8) is 0 Å². The number of aryl methyl sites for hydroxylation is 1. The van der Waals surface area contributed by atoms with E-state index in [1.54, 1.807) is 17.8 Å². The fourth-order valence-corrected chi connectivity index (χ4v) is 4.03. The Bertz CT molecular complexity index is 593. The molecule has 0 N–H and O–H groups in total. The molecular weight excluding hydrogens is 319 g/mol. The predicted octanol–water partition coefficient (Wildman–Crippen LogP) is 5.48. The number of thiophene rings is 1. The molecule has 1 heterocycles. The van der Waals surface area contributed by atoms with Gasteiger partial charge in [-0.25, -0.2) is 0 Å². The highest BCUT2D eigenvalue weighted by Crippen LogP contribution is 2.32. The topological polar surface area (TPSA) is 17.1 Å². The van der Waals surface area contributed by atoms with E-state index in [9.17, 15) is 4.79 Å². The molecule has 1 nitrogen and oxygen atoms in total. The molecule has 0 atom stereocenters. The highest BCUT2D eigenvalue weighted by atomic mass is 35.5. The fraction of sp³-hybridized carbons (Fsp3) is 0.214. The summed E-state index contributed by atoms with van der Waals surface area (Å²) < 4.78 is 1.03. The van der Waals surface area contributed by atoms with Gasteiger partial charge in [-0.1, -0.05) is 53.0 Å². The quantitative estimate of drug-likeness (QED) is 0.675. The van der Waals surface area contributed by atoms with Crippen LogP contribution in [0.2, 0.25) is 8.67 Å². The average molecular weight is 331 g/mol. The molecule has 0 saturated carbocycles. The van der Waals surface area contributed by atoms with Crippen molar-refractivity contribution in [2.24, 2.45) is 0 Å². The molecule has 0 unspecified atom stereocenters. The molecular formula is C14H12Cl2OS2. The Morgan fingerprint density at radius 1 is 1.32 bits per heavy atom. The van der Waals surface area contributed by atoms with Crippen molar-refractivity contribution in [2.45, 2.75) is 12.7 Å². The van der Waals surface area contributed by atoms with Gasteiger partial charge in [-0.2, -0.15) is 0 Å². The summed E-state index contributed by atoms with van der Waals surface area (Å²) in [7, 11) is 0. The summed E-state index contributed by atoms with van der Waals surface area (Å²) in [6.07, 6.45) is 0. The monoisotopic (exact) mass is 330 g/mol. The lowest BCUT2D eigenvalue weighted by Gasteiger charge is -2.02. The summed E-state index contributed by atoms with van der Waals surface area (Å²) in [5.41, 5.74) is 3.00. The van der Waals surface area contributed by atoms with Crippen LogP contribution in [-0.2, 0) is 5.75 Å². The lowest BCUT2D eigenvalue weighted by molar-refractivity contribution is 0.102. The largest absolute Gasteiger partial charge is 0.293 e. The first-order valence-corrected chi connectivity index (χ1v) is 8.40. The molecule has 0 aliphatic heterocycles. The van der Waals surface area contributed by atoms with Gasteiger partial charge < -0.3 is 0 Å². The first-order chi connectivity index (χ1) is 9.06. The summed E-state index contributed by atoms with van der Waals surface area (Å²) in [6, 6.07) is 9.93. The minimum absolute atomic E-state index is 0.0332. The fourth-order valence-electron chi connectivity index (χ4n) is 1.67. The van der Waals surface area contributed by atoms with Crippen molar-refractivity contribution in [1.29, 1.82) is 0 Å². The Morgan fingerprint density at radius 3 is 2.74 bits per heavy atom. The maximum absolute atomic E-state index is 12.0. The van der Waals surface area contributed by atoms with E-state index in [1.807, 2.05) is 6.07 Å². The van der Waals surface area contributed by atoms with Gasteiger partial charge in [0, 0.05) is 11.3 Å². The van der Waals surface area contributed by atoms with Gasteiger partial charge in [0.2, 0.25) is 0 Å². The van der Waals surface area contributed by atoms with E-state index in [-0.39, 0.29) is 5.78 Å². The minimum atomic E-state index is 0.0332. The molecule has 1 aromatic carbocycles. The van der Waals surface area contributed by atoms with Crippen molar-refractivity contribution in [1.82, 2.24) is 0 Å². The zero-order valence-corrected chi connectivity index (χ0v) is 13.4. The van der Waals surface area contributed by atoms with Crippen LogP contribution in [0, 0.1) is 6.92 Å². The second-order valence-corrected chi connectivity index (χ2v) is 7.41. The molecule has 0 aliphatic rings. The molecule has 2 rings (SSSR count). The third kappa shape index (κ3) is 4.25. The van der Waals surface area contributed by atoms with E-state index in [0.717, 1.165) is 5.75 Å². The van der Waals surface area contributed by atoms with Crippen molar-refractivity contribution >= 4 is 52.1 Å². The van der Waals surface area contributed by atoms with Crippen molar-refractivity contribution < 1.29 is 4.79 Å². The van der Waals surface area contributed by atoms with Gasteiger partial charge in [-0.3, -0.25) is 4.79 Å². The predicted molar refractivity (Wildman–Crippen MR) is 86.0 cm³/mol.